The molecule has 0 spiro atoms. The van der Waals surface area contributed by atoms with Crippen molar-refractivity contribution < 1.29 is 0 Å². The highest BCUT2D eigenvalue weighted by Crippen LogP contribution is 2.35. The van der Waals surface area contributed by atoms with Crippen LogP contribution in [0.5, 0.6) is 0 Å². The summed E-state index contributed by atoms with van der Waals surface area (Å²) in [7, 11) is 1.94. The summed E-state index contributed by atoms with van der Waals surface area (Å²) in [4.78, 5) is 1.20. The van der Waals surface area contributed by atoms with Crippen molar-refractivity contribution in [3.05, 3.63) is 22.8 Å². The number of thioether (sulfide) groups is 1. The van der Waals surface area contributed by atoms with Gasteiger partial charge in [-0.2, -0.15) is 5.26 Å². The van der Waals surface area contributed by atoms with E-state index in [1.165, 1.54) is 10.6 Å². The number of hydrogen-bond acceptors (Lipinski definition) is 3. The molecule has 0 fully saturated rings. The summed E-state index contributed by atoms with van der Waals surface area (Å²) in [6.45, 7) is 3.89. The molecule has 1 N–H and O–H groups in total. The predicted molar refractivity (Wildman–Crippen MR) is 61.7 cm³/mol. The first-order valence-electron chi connectivity index (χ1n) is 4.77. The fourth-order valence-corrected chi connectivity index (χ4v) is 2.37. The van der Waals surface area contributed by atoms with E-state index in [2.05, 4.69) is 23.5 Å². The summed E-state index contributed by atoms with van der Waals surface area (Å²) in [5, 5.41) is 12.1. The highest BCUT2D eigenvalue weighted by Gasteiger charge is 2.21. The van der Waals surface area contributed by atoms with Crippen molar-refractivity contribution in [3.63, 3.8) is 0 Å². The lowest BCUT2D eigenvalue weighted by atomic mass is 10.1. The third-order valence-electron chi connectivity index (χ3n) is 2.06. The van der Waals surface area contributed by atoms with E-state index >= 15 is 0 Å². The molecule has 0 aromatic rings. The van der Waals surface area contributed by atoms with Crippen molar-refractivity contribution in [2.45, 2.75) is 31.4 Å². The van der Waals surface area contributed by atoms with Gasteiger partial charge in [-0.1, -0.05) is 12.2 Å². The molecule has 1 aliphatic carbocycles. The minimum atomic E-state index is -0.348. The quantitative estimate of drug-likeness (QED) is 0.774. The van der Waals surface area contributed by atoms with Gasteiger partial charge in [0.15, 0.2) is 0 Å². The second kappa shape index (κ2) is 4.56. The lowest BCUT2D eigenvalue weighted by Crippen LogP contribution is -2.15. The van der Waals surface area contributed by atoms with E-state index in [1.54, 1.807) is 11.8 Å². The molecule has 2 nitrogen and oxygen atoms in total. The van der Waals surface area contributed by atoms with Crippen LogP contribution >= 0.6 is 11.8 Å². The number of nitrogens with one attached hydrogen (secondary N) is 1. The molecule has 0 aromatic heterocycles. The Labute approximate surface area is 90.1 Å². The van der Waals surface area contributed by atoms with E-state index in [0.29, 0.717) is 0 Å². The highest BCUT2D eigenvalue weighted by molar-refractivity contribution is 8.04. The van der Waals surface area contributed by atoms with Crippen LogP contribution in [0.3, 0.4) is 0 Å². The van der Waals surface area contributed by atoms with Gasteiger partial charge in [0.25, 0.3) is 0 Å². The van der Waals surface area contributed by atoms with Crippen LogP contribution in [0.15, 0.2) is 22.8 Å². The molecule has 0 aromatic carbocycles. The molecule has 0 atom stereocenters. The van der Waals surface area contributed by atoms with Crippen molar-refractivity contribution in [3.8, 4) is 6.07 Å². The van der Waals surface area contributed by atoms with Gasteiger partial charge in [0.2, 0.25) is 0 Å². The van der Waals surface area contributed by atoms with Gasteiger partial charge in [0.05, 0.1) is 6.07 Å². The van der Waals surface area contributed by atoms with Crippen LogP contribution in [0, 0.1) is 11.3 Å². The maximum Gasteiger partial charge on any atom is 0.101 e. The molecule has 0 saturated heterocycles. The van der Waals surface area contributed by atoms with E-state index in [4.69, 9.17) is 5.26 Å². The van der Waals surface area contributed by atoms with Crippen LogP contribution in [0.2, 0.25) is 0 Å². The molecular formula is C11H16N2S. The van der Waals surface area contributed by atoms with Crippen LogP contribution in [-0.4, -0.2) is 11.8 Å². The van der Waals surface area contributed by atoms with Crippen molar-refractivity contribution in [2.24, 2.45) is 0 Å². The second-order valence-corrected chi connectivity index (χ2v) is 5.42. The Morgan fingerprint density at radius 1 is 1.57 bits per heavy atom. The molecule has 1 aliphatic rings. The monoisotopic (exact) mass is 208 g/mol. The number of hydrogen-bond donors (Lipinski definition) is 1. The molecule has 0 radical (unpaired) electrons. The highest BCUT2D eigenvalue weighted by atomic mass is 32.2. The summed E-state index contributed by atoms with van der Waals surface area (Å²) in [6.07, 6.45) is 6.42. The summed E-state index contributed by atoms with van der Waals surface area (Å²) in [5.41, 5.74) is 1.25. The van der Waals surface area contributed by atoms with Crippen LogP contribution < -0.4 is 5.32 Å². The predicted octanol–water partition coefficient (Wildman–Crippen LogP) is 2.80. The van der Waals surface area contributed by atoms with Gasteiger partial charge in [-0.05, 0) is 26.7 Å². The van der Waals surface area contributed by atoms with E-state index in [1.807, 2.05) is 20.9 Å². The minimum Gasteiger partial charge on any atom is -0.391 e. The summed E-state index contributed by atoms with van der Waals surface area (Å²) < 4.78 is -0.348. The van der Waals surface area contributed by atoms with E-state index in [9.17, 15) is 0 Å². The normalized spacial score (nSPS) is 16.7. The van der Waals surface area contributed by atoms with Gasteiger partial charge in [-0.3, -0.25) is 0 Å². The van der Waals surface area contributed by atoms with Gasteiger partial charge in [-0.15, -0.1) is 11.8 Å². The van der Waals surface area contributed by atoms with Gasteiger partial charge in [-0.25, -0.2) is 0 Å². The standard InChI is InChI=1S/C11H16N2S/c1-11(2,8-12)14-10-7-5-4-6-9(10)13-3/h5,7,13H,4,6H2,1-3H3. The number of nitrogens with zero attached hydrogens (tertiary/aromatic N) is 1. The zero-order valence-corrected chi connectivity index (χ0v) is 9.74. The third kappa shape index (κ3) is 2.81. The molecule has 14 heavy (non-hydrogen) atoms. The first-order chi connectivity index (χ1) is 6.59. The van der Waals surface area contributed by atoms with Gasteiger partial charge < -0.3 is 5.32 Å². The summed E-state index contributed by atoms with van der Waals surface area (Å²) in [5.74, 6) is 0. The topological polar surface area (TPSA) is 35.8 Å². The Morgan fingerprint density at radius 3 is 2.86 bits per heavy atom. The third-order valence-corrected chi connectivity index (χ3v) is 3.27. The molecule has 0 bridgehead atoms. The molecule has 3 heteroatoms. The van der Waals surface area contributed by atoms with Crippen LogP contribution in [0.25, 0.3) is 0 Å². The van der Waals surface area contributed by atoms with Crippen molar-refractivity contribution in [2.75, 3.05) is 7.05 Å². The van der Waals surface area contributed by atoms with Gasteiger partial charge >= 0.3 is 0 Å². The maximum atomic E-state index is 8.95. The molecule has 0 saturated carbocycles. The molecule has 0 heterocycles. The maximum absolute atomic E-state index is 8.95. The SMILES string of the molecule is CNC1=C(SC(C)(C)C#N)C=CCC1. The Morgan fingerprint density at radius 2 is 2.29 bits per heavy atom. The smallest absolute Gasteiger partial charge is 0.101 e. The summed E-state index contributed by atoms with van der Waals surface area (Å²) in [6, 6.07) is 2.30. The average Bonchev–Trinajstić information content (AvgIpc) is 2.18. The lowest BCUT2D eigenvalue weighted by molar-refractivity contribution is 0.834. The first-order valence-corrected chi connectivity index (χ1v) is 5.58. The zero-order chi connectivity index (χ0) is 10.6. The Balaban J connectivity index is 2.81. The lowest BCUT2D eigenvalue weighted by Gasteiger charge is -2.20. The molecule has 76 valence electrons. The molecule has 1 rings (SSSR count). The van der Waals surface area contributed by atoms with Crippen LogP contribution in [0.1, 0.15) is 26.7 Å². The zero-order valence-electron chi connectivity index (χ0n) is 8.92. The van der Waals surface area contributed by atoms with Crippen LogP contribution in [-0.2, 0) is 0 Å². The largest absolute Gasteiger partial charge is 0.391 e. The number of rotatable bonds is 3. The van der Waals surface area contributed by atoms with E-state index in [-0.39, 0.29) is 4.75 Å². The molecule has 0 aliphatic heterocycles. The van der Waals surface area contributed by atoms with Crippen LogP contribution in [0.4, 0.5) is 0 Å². The molecule has 0 amide bonds. The van der Waals surface area contributed by atoms with Gasteiger partial charge in [0, 0.05) is 17.6 Å². The van der Waals surface area contributed by atoms with Crippen molar-refractivity contribution in [1.29, 1.82) is 5.26 Å². The molecular weight excluding hydrogens is 192 g/mol. The Bertz CT molecular complexity index is 308. The average molecular weight is 208 g/mol. The van der Waals surface area contributed by atoms with Crippen molar-refractivity contribution >= 4 is 11.8 Å². The fourth-order valence-electron chi connectivity index (χ4n) is 1.28. The van der Waals surface area contributed by atoms with E-state index in [0.717, 1.165) is 12.8 Å². The van der Waals surface area contributed by atoms with Gasteiger partial charge in [0.1, 0.15) is 4.75 Å². The minimum absolute atomic E-state index is 0.348. The summed E-state index contributed by atoms with van der Waals surface area (Å²) >= 11 is 1.62. The Kier molecular flexibility index (Phi) is 3.65. The Hall–Kier alpha value is -0.880. The first kappa shape index (κ1) is 11.2. The number of nitriles is 1. The molecule has 0 unspecified atom stereocenters. The van der Waals surface area contributed by atoms with E-state index < -0.39 is 0 Å². The van der Waals surface area contributed by atoms with Crippen molar-refractivity contribution in [1.82, 2.24) is 5.32 Å². The fraction of sp³-hybridized carbons (Fsp3) is 0.545. The number of allylic oxidation sites excluding steroid dienone is 3. The second-order valence-electron chi connectivity index (χ2n) is 3.76.